The second kappa shape index (κ2) is 2.99. The van der Waals surface area contributed by atoms with Crippen molar-refractivity contribution >= 4 is 0 Å². The maximum Gasteiger partial charge on any atom is 0.269 e. The first-order chi connectivity index (χ1) is 5.94. The Morgan fingerprint density at radius 1 is 1.85 bits per heavy atom. The Hall–Kier alpha value is -1.67. The van der Waals surface area contributed by atoms with Gasteiger partial charge in [0.1, 0.15) is 0 Å². The molecule has 5 heteroatoms. The van der Waals surface area contributed by atoms with Crippen LogP contribution in [0.15, 0.2) is 23.4 Å². The third-order valence-corrected chi connectivity index (χ3v) is 1.68. The second-order valence-electron chi connectivity index (χ2n) is 3.14. The topological polar surface area (TPSA) is 87.2 Å². The molecule has 0 saturated heterocycles. The average Bonchev–Trinajstić information content (AvgIpc) is 2.01. The Balaban J connectivity index is 3.09. The van der Waals surface area contributed by atoms with Crippen molar-refractivity contribution in [2.45, 2.75) is 18.9 Å². The van der Waals surface area contributed by atoms with Crippen molar-refractivity contribution in [3.63, 3.8) is 0 Å². The summed E-state index contributed by atoms with van der Waals surface area (Å²) < 4.78 is 0. The molecule has 0 fully saturated rings. The van der Waals surface area contributed by atoms with Crippen LogP contribution in [0.1, 0.15) is 13.3 Å². The van der Waals surface area contributed by atoms with Gasteiger partial charge in [-0.2, -0.15) is 5.26 Å². The Kier molecular flexibility index (Phi) is 2.17. The van der Waals surface area contributed by atoms with Gasteiger partial charge in [0, 0.05) is 24.1 Å². The summed E-state index contributed by atoms with van der Waals surface area (Å²) in [5.74, 6) is 0. The van der Waals surface area contributed by atoms with Gasteiger partial charge in [0.15, 0.2) is 0 Å². The van der Waals surface area contributed by atoms with Crippen molar-refractivity contribution in [2.75, 3.05) is 0 Å². The molecule has 1 unspecified atom stereocenters. The summed E-state index contributed by atoms with van der Waals surface area (Å²) in [4.78, 5) is 9.76. The zero-order valence-electron chi connectivity index (χ0n) is 7.02. The largest absolute Gasteiger partial charge is 0.385 e. The number of hydrogen-bond donors (Lipinski definition) is 1. The third kappa shape index (κ3) is 2.13. The van der Waals surface area contributed by atoms with Gasteiger partial charge in [0.2, 0.25) is 0 Å². The highest BCUT2D eigenvalue weighted by molar-refractivity contribution is 5.36. The van der Waals surface area contributed by atoms with Gasteiger partial charge in [0.25, 0.3) is 5.70 Å². The zero-order chi connectivity index (χ0) is 10.1. The van der Waals surface area contributed by atoms with E-state index in [2.05, 4.69) is 0 Å². The fourth-order valence-electron chi connectivity index (χ4n) is 1.20. The number of nitro groups is 1. The van der Waals surface area contributed by atoms with E-state index >= 15 is 0 Å². The highest BCUT2D eigenvalue weighted by Crippen LogP contribution is 2.25. The van der Waals surface area contributed by atoms with Crippen LogP contribution in [0.3, 0.4) is 0 Å². The van der Waals surface area contributed by atoms with Crippen LogP contribution in [0.25, 0.3) is 0 Å². The lowest BCUT2D eigenvalue weighted by atomic mass is 9.91. The predicted molar refractivity (Wildman–Crippen MR) is 44.0 cm³/mol. The number of nitrogens with zero attached hydrogens (tertiary/aromatic N) is 2. The highest BCUT2D eigenvalue weighted by Gasteiger charge is 2.28. The summed E-state index contributed by atoms with van der Waals surface area (Å²) in [5, 5.41) is 28.4. The van der Waals surface area contributed by atoms with Crippen LogP contribution < -0.4 is 0 Å². The van der Waals surface area contributed by atoms with E-state index in [-0.39, 0.29) is 17.7 Å². The first-order valence-electron chi connectivity index (χ1n) is 3.65. The molecule has 1 aliphatic rings. The molecule has 0 bridgehead atoms. The summed E-state index contributed by atoms with van der Waals surface area (Å²) in [6, 6.07) is 1.80. The molecular weight excluding hydrogens is 172 g/mol. The second-order valence-corrected chi connectivity index (χ2v) is 3.14. The van der Waals surface area contributed by atoms with Crippen molar-refractivity contribution in [3.05, 3.63) is 33.5 Å². The highest BCUT2D eigenvalue weighted by atomic mass is 16.6. The normalized spacial score (nSPS) is 27.2. The molecule has 1 atom stereocenters. The summed E-state index contributed by atoms with van der Waals surface area (Å²) >= 11 is 0. The minimum Gasteiger partial charge on any atom is -0.385 e. The summed E-state index contributed by atoms with van der Waals surface area (Å²) in [6.45, 7) is 1.43. The summed E-state index contributed by atoms with van der Waals surface area (Å²) in [6.07, 6.45) is 2.45. The first-order valence-corrected chi connectivity index (χ1v) is 3.65. The monoisotopic (exact) mass is 180 g/mol. The van der Waals surface area contributed by atoms with Gasteiger partial charge in [-0.05, 0) is 6.92 Å². The lowest BCUT2D eigenvalue weighted by Gasteiger charge is -2.20. The van der Waals surface area contributed by atoms with E-state index in [4.69, 9.17) is 5.26 Å². The molecule has 0 saturated carbocycles. The molecule has 0 radical (unpaired) electrons. The number of aliphatic hydroxyl groups is 1. The van der Waals surface area contributed by atoms with Gasteiger partial charge in [-0.25, -0.2) is 0 Å². The number of rotatable bonds is 1. The molecule has 0 aromatic carbocycles. The summed E-state index contributed by atoms with van der Waals surface area (Å²) in [5.41, 5.74) is -1.30. The Bertz CT molecular complexity index is 347. The van der Waals surface area contributed by atoms with Gasteiger partial charge in [-0.15, -0.1) is 0 Å². The average molecular weight is 180 g/mol. The van der Waals surface area contributed by atoms with Crippen LogP contribution in [0, 0.1) is 21.4 Å². The molecule has 0 aromatic rings. The molecule has 1 N–H and O–H groups in total. The van der Waals surface area contributed by atoms with E-state index in [1.807, 2.05) is 0 Å². The molecule has 0 aliphatic heterocycles. The number of hydrogen-bond acceptors (Lipinski definition) is 4. The molecule has 0 aromatic heterocycles. The summed E-state index contributed by atoms with van der Waals surface area (Å²) in [7, 11) is 0. The van der Waals surface area contributed by atoms with Gasteiger partial charge in [0.05, 0.1) is 16.6 Å². The van der Waals surface area contributed by atoms with E-state index < -0.39 is 10.5 Å². The van der Waals surface area contributed by atoms with Crippen LogP contribution in [0.5, 0.6) is 0 Å². The quantitative estimate of drug-likeness (QED) is 0.476. The van der Waals surface area contributed by atoms with Crippen molar-refractivity contribution in [1.82, 2.24) is 0 Å². The van der Waals surface area contributed by atoms with E-state index in [1.165, 1.54) is 13.0 Å². The van der Waals surface area contributed by atoms with Crippen LogP contribution in [-0.2, 0) is 0 Å². The van der Waals surface area contributed by atoms with Crippen LogP contribution in [-0.4, -0.2) is 15.6 Å². The van der Waals surface area contributed by atoms with Gasteiger partial charge >= 0.3 is 0 Å². The van der Waals surface area contributed by atoms with Gasteiger partial charge in [-0.3, -0.25) is 10.1 Å². The minimum atomic E-state index is -1.29. The Morgan fingerprint density at radius 2 is 2.46 bits per heavy atom. The number of nitriles is 1. The predicted octanol–water partition coefficient (Wildman–Crippen LogP) is 0.752. The van der Waals surface area contributed by atoms with Crippen molar-refractivity contribution in [1.29, 1.82) is 5.26 Å². The maximum absolute atomic E-state index is 10.4. The molecule has 0 spiro atoms. The zero-order valence-corrected chi connectivity index (χ0v) is 7.02. The molecular formula is C8H8N2O3. The third-order valence-electron chi connectivity index (χ3n) is 1.68. The van der Waals surface area contributed by atoms with Crippen molar-refractivity contribution in [3.8, 4) is 6.07 Å². The maximum atomic E-state index is 10.4. The smallest absolute Gasteiger partial charge is 0.269 e. The van der Waals surface area contributed by atoms with Crippen LogP contribution >= 0.6 is 0 Å². The molecule has 0 heterocycles. The van der Waals surface area contributed by atoms with E-state index in [0.717, 1.165) is 6.08 Å². The fourth-order valence-corrected chi connectivity index (χ4v) is 1.20. The molecule has 0 amide bonds. The van der Waals surface area contributed by atoms with E-state index in [0.29, 0.717) is 0 Å². The Labute approximate surface area is 74.7 Å². The number of allylic oxidation sites excluding steroid dienone is 1. The molecule has 1 aliphatic carbocycles. The standard InChI is InChI=1S/C8H8N2O3/c1-8(11)3-6(5-9)2-7(4-8)10(12)13/h2,4,11H,3H2,1H3. The first kappa shape index (κ1) is 9.42. The van der Waals surface area contributed by atoms with Crippen LogP contribution in [0.4, 0.5) is 0 Å². The molecule has 13 heavy (non-hydrogen) atoms. The fraction of sp³-hybridized carbons (Fsp3) is 0.375. The lowest BCUT2D eigenvalue weighted by molar-refractivity contribution is -0.420. The lowest BCUT2D eigenvalue weighted by Crippen LogP contribution is -2.25. The Morgan fingerprint density at radius 3 is 2.92 bits per heavy atom. The van der Waals surface area contributed by atoms with Gasteiger partial charge in [-0.1, -0.05) is 0 Å². The van der Waals surface area contributed by atoms with Gasteiger partial charge < -0.3 is 5.11 Å². The van der Waals surface area contributed by atoms with Crippen molar-refractivity contribution < 1.29 is 10.0 Å². The van der Waals surface area contributed by atoms with Crippen molar-refractivity contribution in [2.24, 2.45) is 0 Å². The van der Waals surface area contributed by atoms with E-state index in [9.17, 15) is 15.2 Å². The minimum absolute atomic E-state index is 0.126. The SMILES string of the molecule is CC1(O)C=C([N+](=O)[O-])C=C(C#N)C1. The molecule has 1 rings (SSSR count). The molecule has 68 valence electrons. The molecule has 5 nitrogen and oxygen atoms in total. The van der Waals surface area contributed by atoms with E-state index in [1.54, 1.807) is 6.07 Å². The van der Waals surface area contributed by atoms with Crippen LogP contribution in [0.2, 0.25) is 0 Å².